The molecule has 126 valence electrons. The lowest BCUT2D eigenvalue weighted by Gasteiger charge is -2.17. The summed E-state index contributed by atoms with van der Waals surface area (Å²) in [6, 6.07) is 7.58. The fourth-order valence-electron chi connectivity index (χ4n) is 2.15. The van der Waals surface area contributed by atoms with E-state index in [0.29, 0.717) is 10.9 Å². The smallest absolute Gasteiger partial charge is 0.230 e. The van der Waals surface area contributed by atoms with Crippen LogP contribution in [-0.2, 0) is 4.79 Å². The van der Waals surface area contributed by atoms with Crippen molar-refractivity contribution in [1.82, 2.24) is 14.8 Å². The number of amides is 1. The van der Waals surface area contributed by atoms with Crippen LogP contribution in [0, 0.1) is 12.3 Å². The van der Waals surface area contributed by atoms with Crippen LogP contribution in [0.1, 0.15) is 26.5 Å². The highest BCUT2D eigenvalue weighted by atomic mass is 32.1. The monoisotopic (exact) mass is 344 g/mol. The van der Waals surface area contributed by atoms with Crippen LogP contribution in [0.4, 0.5) is 5.82 Å². The molecule has 1 amide bonds. The first kappa shape index (κ1) is 16.4. The number of ether oxygens (including phenoxy) is 1. The number of carbonyl (C=O) groups is 1. The van der Waals surface area contributed by atoms with Gasteiger partial charge in [-0.25, -0.2) is 4.98 Å². The Balaban J connectivity index is 2.02. The molecule has 0 aliphatic heterocycles. The van der Waals surface area contributed by atoms with E-state index in [1.807, 2.05) is 52.0 Å². The van der Waals surface area contributed by atoms with Crippen LogP contribution in [0.15, 0.2) is 24.3 Å². The summed E-state index contributed by atoms with van der Waals surface area (Å²) < 4.78 is 7.94. The van der Waals surface area contributed by atoms with E-state index in [1.165, 1.54) is 11.3 Å². The number of carbonyl (C=O) groups excluding carboxylic acids is 1. The van der Waals surface area contributed by atoms with E-state index in [9.17, 15) is 4.79 Å². The molecule has 3 rings (SSSR count). The van der Waals surface area contributed by atoms with Crippen LogP contribution in [0.25, 0.3) is 15.3 Å². The molecule has 0 saturated heterocycles. The van der Waals surface area contributed by atoms with E-state index in [-0.39, 0.29) is 5.91 Å². The van der Waals surface area contributed by atoms with Gasteiger partial charge in [0.25, 0.3) is 0 Å². The number of nitrogens with one attached hydrogen (secondary N) is 1. The summed E-state index contributed by atoms with van der Waals surface area (Å²) in [7, 11) is 1.64. The van der Waals surface area contributed by atoms with Crippen LogP contribution in [0.3, 0.4) is 0 Å². The number of aryl methyl sites for hydroxylation is 1. The minimum Gasteiger partial charge on any atom is -0.497 e. The van der Waals surface area contributed by atoms with E-state index in [0.717, 1.165) is 21.7 Å². The number of aromatic nitrogens is 3. The van der Waals surface area contributed by atoms with E-state index < -0.39 is 5.41 Å². The quantitative estimate of drug-likeness (QED) is 0.785. The Morgan fingerprint density at radius 3 is 2.71 bits per heavy atom. The number of thiazole rings is 1. The van der Waals surface area contributed by atoms with Crippen molar-refractivity contribution >= 4 is 33.3 Å². The molecule has 1 N–H and O–H groups in total. The molecule has 0 atom stereocenters. The molecule has 0 bridgehead atoms. The molecule has 0 aliphatic carbocycles. The molecule has 24 heavy (non-hydrogen) atoms. The zero-order chi connectivity index (χ0) is 17.5. The van der Waals surface area contributed by atoms with Gasteiger partial charge in [-0.1, -0.05) is 32.1 Å². The van der Waals surface area contributed by atoms with Crippen LogP contribution in [-0.4, -0.2) is 27.8 Å². The summed E-state index contributed by atoms with van der Waals surface area (Å²) in [4.78, 5) is 16.9. The maximum Gasteiger partial charge on any atom is 0.230 e. The minimum absolute atomic E-state index is 0.0635. The normalized spacial score (nSPS) is 11.7. The van der Waals surface area contributed by atoms with Crippen LogP contribution < -0.4 is 10.1 Å². The Morgan fingerprint density at radius 1 is 1.29 bits per heavy atom. The average molecular weight is 344 g/mol. The van der Waals surface area contributed by atoms with Gasteiger partial charge in [-0.3, -0.25) is 4.79 Å². The first-order chi connectivity index (χ1) is 11.3. The minimum atomic E-state index is -0.482. The number of rotatable bonds is 3. The lowest BCUT2D eigenvalue weighted by atomic mass is 9.96. The largest absolute Gasteiger partial charge is 0.497 e. The molecule has 0 aliphatic rings. The Hall–Kier alpha value is -2.41. The molecule has 3 aromatic rings. The second kappa shape index (κ2) is 5.90. The van der Waals surface area contributed by atoms with Crippen LogP contribution in [0.5, 0.6) is 5.75 Å². The molecule has 0 spiro atoms. The van der Waals surface area contributed by atoms with E-state index in [4.69, 9.17) is 4.74 Å². The molecule has 0 saturated carbocycles. The Morgan fingerprint density at radius 2 is 2.04 bits per heavy atom. The first-order valence-corrected chi connectivity index (χ1v) is 8.42. The summed E-state index contributed by atoms with van der Waals surface area (Å²) >= 11 is 1.50. The second-order valence-corrected chi connectivity index (χ2v) is 7.63. The zero-order valence-corrected chi connectivity index (χ0v) is 15.2. The average Bonchev–Trinajstić information content (AvgIpc) is 3.08. The third kappa shape index (κ3) is 3.12. The molecular formula is C17H20N4O2S. The number of fused-ring (bicyclic) bond motifs is 1. The van der Waals surface area contributed by atoms with Crippen molar-refractivity contribution in [2.24, 2.45) is 5.41 Å². The second-order valence-electron chi connectivity index (χ2n) is 6.62. The molecule has 2 heterocycles. The molecule has 0 radical (unpaired) electrons. The molecule has 0 fully saturated rings. The summed E-state index contributed by atoms with van der Waals surface area (Å²) in [6.07, 6.45) is 0. The Labute approximate surface area is 144 Å². The highest BCUT2D eigenvalue weighted by molar-refractivity contribution is 7.20. The molecule has 1 aromatic carbocycles. The molecular weight excluding hydrogens is 324 g/mol. The highest BCUT2D eigenvalue weighted by Crippen LogP contribution is 2.30. The van der Waals surface area contributed by atoms with Gasteiger partial charge in [0, 0.05) is 11.5 Å². The summed E-state index contributed by atoms with van der Waals surface area (Å²) in [5.41, 5.74) is 1.21. The van der Waals surface area contributed by atoms with Gasteiger partial charge < -0.3 is 10.1 Å². The van der Waals surface area contributed by atoms with E-state index in [1.54, 1.807) is 11.8 Å². The van der Waals surface area contributed by atoms with Crippen molar-refractivity contribution in [3.63, 3.8) is 0 Å². The Kier molecular flexibility index (Phi) is 4.04. The number of hydrogen-bond acceptors (Lipinski definition) is 5. The van der Waals surface area contributed by atoms with Crippen molar-refractivity contribution in [2.75, 3.05) is 12.4 Å². The zero-order valence-electron chi connectivity index (χ0n) is 14.4. The van der Waals surface area contributed by atoms with Crippen molar-refractivity contribution < 1.29 is 9.53 Å². The number of methoxy groups -OCH3 is 1. The SMILES string of the molecule is COc1ccc2nc(-n3nc(C)cc3NC(=O)C(C)(C)C)sc2c1. The van der Waals surface area contributed by atoms with Gasteiger partial charge in [0.2, 0.25) is 11.0 Å². The topological polar surface area (TPSA) is 69.0 Å². The predicted molar refractivity (Wildman–Crippen MR) is 96.1 cm³/mol. The van der Waals surface area contributed by atoms with E-state index >= 15 is 0 Å². The first-order valence-electron chi connectivity index (χ1n) is 7.61. The Bertz CT molecular complexity index is 905. The van der Waals surface area contributed by atoms with E-state index in [2.05, 4.69) is 15.4 Å². The summed E-state index contributed by atoms with van der Waals surface area (Å²) in [6.45, 7) is 7.51. The van der Waals surface area contributed by atoms with Crippen LogP contribution >= 0.6 is 11.3 Å². The standard InChI is InChI=1S/C17H20N4O2S/c1-10-8-14(19-15(22)17(2,3)4)21(20-10)16-18-12-7-6-11(23-5)9-13(12)24-16/h6-9H,1-5H3,(H,19,22). The van der Waals surface area contributed by atoms with Crippen molar-refractivity contribution in [2.45, 2.75) is 27.7 Å². The fourth-order valence-corrected chi connectivity index (χ4v) is 3.11. The van der Waals surface area contributed by atoms with Gasteiger partial charge in [0.15, 0.2) is 0 Å². The van der Waals surface area contributed by atoms with Gasteiger partial charge in [-0.15, -0.1) is 0 Å². The molecule has 2 aromatic heterocycles. The van der Waals surface area contributed by atoms with Gasteiger partial charge in [0.1, 0.15) is 11.6 Å². The molecule has 0 unspecified atom stereocenters. The van der Waals surface area contributed by atoms with Gasteiger partial charge >= 0.3 is 0 Å². The number of anilines is 1. The lowest BCUT2D eigenvalue weighted by molar-refractivity contribution is -0.123. The van der Waals surface area contributed by atoms with Crippen molar-refractivity contribution in [3.8, 4) is 10.9 Å². The van der Waals surface area contributed by atoms with Crippen molar-refractivity contribution in [3.05, 3.63) is 30.0 Å². The molecule has 6 nitrogen and oxygen atoms in total. The summed E-state index contributed by atoms with van der Waals surface area (Å²) in [5.74, 6) is 1.35. The number of hydrogen-bond donors (Lipinski definition) is 1. The van der Waals surface area contributed by atoms with Crippen LogP contribution in [0.2, 0.25) is 0 Å². The highest BCUT2D eigenvalue weighted by Gasteiger charge is 2.23. The number of nitrogens with zero attached hydrogens (tertiary/aromatic N) is 3. The molecule has 7 heteroatoms. The maximum atomic E-state index is 12.3. The number of benzene rings is 1. The third-order valence-electron chi connectivity index (χ3n) is 3.52. The van der Waals surface area contributed by atoms with Gasteiger partial charge in [0.05, 0.1) is 23.0 Å². The van der Waals surface area contributed by atoms with Gasteiger partial charge in [-0.05, 0) is 25.1 Å². The third-order valence-corrected chi connectivity index (χ3v) is 4.51. The van der Waals surface area contributed by atoms with Gasteiger partial charge in [-0.2, -0.15) is 9.78 Å². The maximum absolute atomic E-state index is 12.3. The summed E-state index contributed by atoms with van der Waals surface area (Å²) in [5, 5.41) is 8.12. The van der Waals surface area contributed by atoms with Crippen molar-refractivity contribution in [1.29, 1.82) is 0 Å². The predicted octanol–water partition coefficient (Wildman–Crippen LogP) is 3.78. The fraction of sp³-hybridized carbons (Fsp3) is 0.353. The lowest BCUT2D eigenvalue weighted by Crippen LogP contribution is -2.28.